The van der Waals surface area contributed by atoms with Crippen LogP contribution in [0.4, 0.5) is 0 Å². The molecule has 0 saturated carbocycles. The van der Waals surface area contributed by atoms with Crippen molar-refractivity contribution >= 4 is 83.3 Å². The molecule has 0 nitrogen and oxygen atoms in total. The topological polar surface area (TPSA) is 0 Å². The summed E-state index contributed by atoms with van der Waals surface area (Å²) in [5, 5.41) is 12.2. The molecule has 0 heterocycles. The van der Waals surface area contributed by atoms with Crippen LogP contribution in [0, 0.1) is 13.8 Å². The van der Waals surface area contributed by atoms with E-state index in [2.05, 4.69) is 208 Å². The van der Waals surface area contributed by atoms with Crippen LogP contribution >= 0.6 is 35.2 Å². The third kappa shape index (κ3) is 9.67. The van der Waals surface area contributed by atoms with Crippen molar-refractivity contribution in [2.45, 2.75) is 6.42 Å². The van der Waals surface area contributed by atoms with E-state index in [0.29, 0.717) is 0 Å². The quantitative estimate of drug-likeness (QED) is 0.0812. The van der Waals surface area contributed by atoms with Gasteiger partial charge in [-0.3, -0.25) is 0 Å². The number of hydrogen-bond donors (Lipinski definition) is 0. The molecule has 53 heavy (non-hydrogen) atoms. The first-order chi connectivity index (χ1) is 26.1. The summed E-state index contributed by atoms with van der Waals surface area (Å²) in [5.41, 5.74) is 3.64. The van der Waals surface area contributed by atoms with Crippen LogP contribution in [0.15, 0.2) is 194 Å². The fraction of sp³-hybridized carbons (Fsp3) is 0.0417. The molecule has 5 heteroatoms. The van der Waals surface area contributed by atoms with Crippen LogP contribution in [0.1, 0.15) is 12.0 Å². The van der Waals surface area contributed by atoms with Gasteiger partial charge in [-0.2, -0.15) is 18.6 Å². The summed E-state index contributed by atoms with van der Waals surface area (Å²) in [4.78, 5) is 0. The molecule has 264 valence electrons. The standard InChI is InChI=1S/C33H24P.C15H16P.2ClH.Ru/c1-24-20-21-25-12-8-10-18-29(25)32(24)33-30-19-11-9-13-26(30)22-23-31(33)34(27-14-4-2-5-15-27)28-16-6-3-7-17-28;1-2-13-16(14-9-5-3-6-10-14)15-11-7-4-8-12-15;;;/h2-23H,1H2;3-12H,1-2,13H2;2*1H;/q2*-1;;;+4. The molecule has 0 spiro atoms. The van der Waals surface area contributed by atoms with E-state index in [1.165, 1.54) is 65.4 Å². The summed E-state index contributed by atoms with van der Waals surface area (Å²) in [7, 11) is 7.84. The van der Waals surface area contributed by atoms with E-state index < -0.39 is 15.8 Å². The second kappa shape index (κ2) is 20.1. The van der Waals surface area contributed by atoms with Gasteiger partial charge in [0, 0.05) is 6.16 Å². The van der Waals surface area contributed by atoms with E-state index in [1.807, 2.05) is 0 Å². The zero-order valence-corrected chi connectivity index (χ0v) is 34.7. The molecule has 8 aromatic rings. The third-order valence-electron chi connectivity index (χ3n) is 9.26. The second-order valence-electron chi connectivity index (χ2n) is 12.5. The van der Waals surface area contributed by atoms with Crippen molar-refractivity contribution in [1.82, 2.24) is 0 Å². The van der Waals surface area contributed by atoms with Gasteiger partial charge in [-0.05, 0) is 76.3 Å². The van der Waals surface area contributed by atoms with Crippen LogP contribution in [0.25, 0.3) is 32.7 Å². The number of benzene rings is 8. The number of hydrogen-bond acceptors (Lipinski definition) is 0. The maximum atomic E-state index is 4.85. The van der Waals surface area contributed by atoms with Crippen molar-refractivity contribution in [1.29, 1.82) is 0 Å². The SMILES string of the molecule is [CH2-]CC[PH+](c1ccccc1)c1ccccc1.[CH2-]c1ccc2ccccc2c1-c1c([PH+](c2ccccc2)c2ccccc2)ccc2ccccc12.[Cl][Ru+2][Cl]. The number of halogens is 2. The molecule has 0 aliphatic carbocycles. The summed E-state index contributed by atoms with van der Waals surface area (Å²) in [5.74, 6) is 0. The molecular formula is C48H42Cl2P2Ru+2. The molecule has 0 atom stereocenters. The van der Waals surface area contributed by atoms with Crippen LogP contribution in [0.2, 0.25) is 0 Å². The van der Waals surface area contributed by atoms with E-state index in [-0.39, 0.29) is 15.1 Å². The summed E-state index contributed by atoms with van der Waals surface area (Å²) >= 11 is -0.346. The molecule has 0 unspecified atom stereocenters. The molecular weight excluding hydrogens is 810 g/mol. The van der Waals surface area contributed by atoms with Crippen molar-refractivity contribution in [2.24, 2.45) is 0 Å². The molecule has 0 bridgehead atoms. The van der Waals surface area contributed by atoms with Crippen LogP contribution in [-0.4, -0.2) is 6.16 Å². The van der Waals surface area contributed by atoms with Gasteiger partial charge in [0.05, 0.1) is 31.8 Å². The molecule has 0 aromatic heterocycles. The van der Waals surface area contributed by atoms with Crippen LogP contribution in [-0.2, 0) is 15.1 Å². The van der Waals surface area contributed by atoms with Crippen LogP contribution in [0.5, 0.6) is 0 Å². The fourth-order valence-electron chi connectivity index (χ4n) is 6.96. The Labute approximate surface area is 333 Å². The fourth-order valence-corrected chi connectivity index (χ4v) is 12.2. The minimum atomic E-state index is -1.26. The second-order valence-corrected chi connectivity index (χ2v) is 20.2. The molecule has 0 fully saturated rings. The van der Waals surface area contributed by atoms with Gasteiger partial charge < -0.3 is 6.92 Å². The van der Waals surface area contributed by atoms with Gasteiger partial charge in [0.1, 0.15) is 10.6 Å². The molecule has 0 aliphatic rings. The zero-order chi connectivity index (χ0) is 36.8. The maximum absolute atomic E-state index is 4.85. The van der Waals surface area contributed by atoms with Crippen LogP contribution in [0.3, 0.4) is 0 Å². The normalized spacial score (nSPS) is 10.8. The van der Waals surface area contributed by atoms with Gasteiger partial charge in [-0.15, -0.1) is 18.1 Å². The van der Waals surface area contributed by atoms with Gasteiger partial charge in [-0.25, -0.2) is 0 Å². The zero-order valence-electron chi connectivity index (χ0n) is 29.4. The summed E-state index contributed by atoms with van der Waals surface area (Å²) in [6.07, 6.45) is 2.22. The van der Waals surface area contributed by atoms with E-state index in [1.54, 1.807) is 0 Å². The first-order valence-corrected chi connectivity index (χ1v) is 25.3. The molecule has 8 rings (SSSR count). The van der Waals surface area contributed by atoms with E-state index in [9.17, 15) is 0 Å². The Kier molecular flexibility index (Phi) is 14.7. The Bertz CT molecular complexity index is 2240. The Balaban J connectivity index is 0.000000211. The summed E-state index contributed by atoms with van der Waals surface area (Å²) in [6, 6.07) is 70.1. The molecule has 0 radical (unpaired) electrons. The van der Waals surface area contributed by atoms with Gasteiger partial charge >= 0.3 is 34.5 Å². The molecule has 0 N–H and O–H groups in total. The third-order valence-corrected chi connectivity index (χ3v) is 15.0. The minimum absolute atomic E-state index is 0.346. The molecule has 8 aromatic carbocycles. The summed E-state index contributed by atoms with van der Waals surface area (Å²) in [6.45, 7) is 8.51. The Morgan fingerprint density at radius 2 is 0.811 bits per heavy atom. The summed E-state index contributed by atoms with van der Waals surface area (Å²) < 4.78 is 0. The van der Waals surface area contributed by atoms with Gasteiger partial charge in [0.2, 0.25) is 0 Å². The van der Waals surface area contributed by atoms with E-state index >= 15 is 0 Å². The molecule has 0 saturated heterocycles. The first kappa shape index (κ1) is 38.9. The Morgan fingerprint density at radius 3 is 1.26 bits per heavy atom. The predicted molar refractivity (Wildman–Crippen MR) is 238 cm³/mol. The Hall–Kier alpha value is -3.79. The number of rotatable bonds is 8. The average Bonchev–Trinajstić information content (AvgIpc) is 3.22. The monoisotopic (exact) mass is 852 g/mol. The van der Waals surface area contributed by atoms with Crippen molar-refractivity contribution in [3.05, 3.63) is 214 Å². The van der Waals surface area contributed by atoms with Crippen molar-refractivity contribution in [3.8, 4) is 11.1 Å². The van der Waals surface area contributed by atoms with Gasteiger partial charge in [0.15, 0.2) is 0 Å². The molecule has 0 amide bonds. The van der Waals surface area contributed by atoms with Crippen molar-refractivity contribution in [2.75, 3.05) is 6.16 Å². The van der Waals surface area contributed by atoms with Crippen molar-refractivity contribution in [3.63, 3.8) is 0 Å². The van der Waals surface area contributed by atoms with E-state index in [0.717, 1.165) is 12.0 Å². The predicted octanol–water partition coefficient (Wildman–Crippen LogP) is 11.8. The van der Waals surface area contributed by atoms with Crippen molar-refractivity contribution < 1.29 is 15.1 Å². The Morgan fingerprint density at radius 1 is 0.434 bits per heavy atom. The van der Waals surface area contributed by atoms with Crippen LogP contribution < -0.4 is 26.5 Å². The van der Waals surface area contributed by atoms with E-state index in [4.69, 9.17) is 19.4 Å². The number of fused-ring (bicyclic) bond motifs is 2. The van der Waals surface area contributed by atoms with Gasteiger partial charge in [0.25, 0.3) is 0 Å². The molecule has 0 aliphatic heterocycles. The average molecular weight is 853 g/mol. The van der Waals surface area contributed by atoms with Gasteiger partial charge in [-0.1, -0.05) is 133 Å². The first-order valence-electron chi connectivity index (χ1n) is 17.6.